The topological polar surface area (TPSA) is 108 Å². The summed E-state index contributed by atoms with van der Waals surface area (Å²) in [5, 5.41) is 15.1. The lowest BCUT2D eigenvalue weighted by Gasteiger charge is -2.33. The van der Waals surface area contributed by atoms with Crippen molar-refractivity contribution in [3.8, 4) is 0 Å². The van der Waals surface area contributed by atoms with Crippen molar-refractivity contribution >= 4 is 35.0 Å². The molecule has 3 heterocycles. The van der Waals surface area contributed by atoms with Gasteiger partial charge in [-0.15, -0.1) is 0 Å². The highest BCUT2D eigenvalue weighted by atomic mass is 35.5. The van der Waals surface area contributed by atoms with Crippen LogP contribution < -0.4 is 10.6 Å². The number of para-hydroxylation sites is 1. The summed E-state index contributed by atoms with van der Waals surface area (Å²) < 4.78 is 6.22. The van der Waals surface area contributed by atoms with E-state index < -0.39 is 29.4 Å². The maximum atomic E-state index is 13.4. The molecule has 9 heteroatoms. The molecule has 0 aromatic heterocycles. The third-order valence-corrected chi connectivity index (χ3v) is 6.62. The molecular weight excluding hydrogens is 398 g/mol. The van der Waals surface area contributed by atoms with E-state index in [9.17, 15) is 19.5 Å². The first kappa shape index (κ1) is 20.1. The molecule has 3 fully saturated rings. The molecule has 3 N–H and O–H groups in total. The number of fused-ring (bicyclic) bond motifs is 1. The number of carbonyl (C=O) groups is 3. The second-order valence-electron chi connectivity index (χ2n) is 7.75. The lowest BCUT2D eigenvalue weighted by Crippen LogP contribution is -2.53. The molecule has 1 aromatic carbocycles. The molecule has 1 spiro atoms. The van der Waals surface area contributed by atoms with Crippen molar-refractivity contribution in [2.45, 2.75) is 37.0 Å². The Kier molecular flexibility index (Phi) is 5.27. The summed E-state index contributed by atoms with van der Waals surface area (Å²) in [5.41, 5.74) is -0.594. The van der Waals surface area contributed by atoms with E-state index in [4.69, 9.17) is 16.3 Å². The van der Waals surface area contributed by atoms with Crippen LogP contribution in [0, 0.1) is 11.8 Å². The summed E-state index contributed by atoms with van der Waals surface area (Å²) in [6.07, 6.45) is 1.10. The number of carbonyl (C=O) groups excluding carboxylic acids is 3. The molecule has 3 aliphatic heterocycles. The van der Waals surface area contributed by atoms with Gasteiger partial charge >= 0.3 is 0 Å². The monoisotopic (exact) mass is 421 g/mol. The van der Waals surface area contributed by atoms with Gasteiger partial charge in [0, 0.05) is 20.2 Å². The lowest BCUT2D eigenvalue weighted by atomic mass is 9.70. The first-order valence-corrected chi connectivity index (χ1v) is 10.2. The van der Waals surface area contributed by atoms with Crippen LogP contribution in [0.5, 0.6) is 0 Å². The van der Waals surface area contributed by atoms with Crippen molar-refractivity contribution in [2.75, 3.05) is 25.5 Å². The first-order chi connectivity index (χ1) is 13.9. The summed E-state index contributed by atoms with van der Waals surface area (Å²) in [7, 11) is 1.53. The molecule has 3 amide bonds. The summed E-state index contributed by atoms with van der Waals surface area (Å²) in [6, 6.07) is 5.98. The normalized spacial score (nSPS) is 32.4. The van der Waals surface area contributed by atoms with Crippen molar-refractivity contribution in [2.24, 2.45) is 11.8 Å². The average Bonchev–Trinajstić information content (AvgIpc) is 3.35. The number of nitrogens with zero attached hydrogens (tertiary/aromatic N) is 1. The molecule has 0 aliphatic carbocycles. The van der Waals surface area contributed by atoms with E-state index in [1.54, 1.807) is 24.3 Å². The predicted octanol–water partition coefficient (Wildman–Crippen LogP) is 0.781. The molecule has 2 unspecified atom stereocenters. The molecule has 156 valence electrons. The van der Waals surface area contributed by atoms with Crippen molar-refractivity contribution in [1.29, 1.82) is 0 Å². The first-order valence-electron chi connectivity index (χ1n) is 9.80. The number of likely N-dealkylation sites (tertiary alicyclic amines) is 1. The number of hydrogen-bond donors (Lipinski definition) is 3. The number of rotatable bonds is 6. The van der Waals surface area contributed by atoms with E-state index in [1.165, 1.54) is 11.9 Å². The summed E-state index contributed by atoms with van der Waals surface area (Å²) in [5.74, 6) is -2.24. The number of aliphatic hydroxyl groups excluding tert-OH is 1. The van der Waals surface area contributed by atoms with Gasteiger partial charge in [0.15, 0.2) is 0 Å². The van der Waals surface area contributed by atoms with Crippen LogP contribution in [-0.4, -0.2) is 65.7 Å². The molecular formula is C20H24ClN3O5. The van der Waals surface area contributed by atoms with Gasteiger partial charge in [0.25, 0.3) is 0 Å². The molecule has 3 aliphatic rings. The van der Waals surface area contributed by atoms with Gasteiger partial charge in [0.05, 0.1) is 28.6 Å². The van der Waals surface area contributed by atoms with Gasteiger partial charge in [-0.3, -0.25) is 14.4 Å². The molecule has 3 saturated heterocycles. The molecule has 4 rings (SSSR count). The number of amides is 3. The molecule has 1 aromatic rings. The highest BCUT2D eigenvalue weighted by molar-refractivity contribution is 6.33. The minimum absolute atomic E-state index is 0.108. The molecule has 0 radical (unpaired) electrons. The Balaban J connectivity index is 1.70. The van der Waals surface area contributed by atoms with E-state index in [2.05, 4.69) is 10.6 Å². The Morgan fingerprint density at radius 1 is 1.34 bits per heavy atom. The number of halogens is 1. The smallest absolute Gasteiger partial charge is 0.250 e. The van der Waals surface area contributed by atoms with Crippen LogP contribution in [0.4, 0.5) is 5.69 Å². The lowest BCUT2D eigenvalue weighted by molar-refractivity contribution is -0.140. The number of aliphatic hydroxyl groups is 1. The van der Waals surface area contributed by atoms with E-state index >= 15 is 0 Å². The fourth-order valence-corrected chi connectivity index (χ4v) is 5.35. The van der Waals surface area contributed by atoms with Crippen LogP contribution >= 0.6 is 11.6 Å². The molecule has 8 nitrogen and oxygen atoms in total. The third-order valence-electron chi connectivity index (χ3n) is 6.29. The van der Waals surface area contributed by atoms with Crippen LogP contribution in [0.15, 0.2) is 24.3 Å². The largest absolute Gasteiger partial charge is 0.396 e. The van der Waals surface area contributed by atoms with Crippen molar-refractivity contribution in [3.63, 3.8) is 0 Å². The van der Waals surface area contributed by atoms with E-state index in [0.29, 0.717) is 30.0 Å². The van der Waals surface area contributed by atoms with Crippen LogP contribution in [-0.2, 0) is 19.1 Å². The van der Waals surface area contributed by atoms with Crippen molar-refractivity contribution in [3.05, 3.63) is 29.3 Å². The Labute approximate surface area is 173 Å². The SMILES string of the molecule is CNC(=O)[C@@H]1[C@H]2C(=O)N(CCCO)C(C(=O)Nc3ccccc3Cl)C23CC[C@H]1O3. The molecule has 0 saturated carbocycles. The second kappa shape index (κ2) is 7.59. The number of benzene rings is 1. The Morgan fingerprint density at radius 2 is 2.10 bits per heavy atom. The maximum absolute atomic E-state index is 13.4. The van der Waals surface area contributed by atoms with Gasteiger partial charge in [0.1, 0.15) is 11.6 Å². The average molecular weight is 422 g/mol. The predicted molar refractivity (Wildman–Crippen MR) is 105 cm³/mol. The second-order valence-corrected chi connectivity index (χ2v) is 8.16. The van der Waals surface area contributed by atoms with Gasteiger partial charge in [-0.2, -0.15) is 0 Å². The minimum atomic E-state index is -1.04. The minimum Gasteiger partial charge on any atom is -0.396 e. The number of hydrogen-bond acceptors (Lipinski definition) is 5. The molecule has 2 bridgehead atoms. The quantitative estimate of drug-likeness (QED) is 0.629. The van der Waals surface area contributed by atoms with Crippen LogP contribution in [0.3, 0.4) is 0 Å². The number of anilines is 1. The standard InChI is InChI=1S/C20H24ClN3O5/c1-22-17(26)14-13-7-8-20(29-13)15(14)19(28)24(9-4-10-25)16(20)18(27)23-12-6-3-2-5-11(12)21/h2-3,5-6,13-16,25H,4,7-10H2,1H3,(H,22,26)(H,23,27)/t13-,14+,15+,16?,20?/m1/s1. The van der Waals surface area contributed by atoms with Gasteiger partial charge < -0.3 is 25.4 Å². The zero-order chi connectivity index (χ0) is 20.8. The number of nitrogens with one attached hydrogen (secondary N) is 2. The van der Waals surface area contributed by atoms with Gasteiger partial charge in [0.2, 0.25) is 17.7 Å². The van der Waals surface area contributed by atoms with Crippen LogP contribution in [0.2, 0.25) is 5.02 Å². The van der Waals surface area contributed by atoms with Gasteiger partial charge in [-0.1, -0.05) is 23.7 Å². The maximum Gasteiger partial charge on any atom is 0.250 e. The van der Waals surface area contributed by atoms with E-state index in [-0.39, 0.29) is 31.1 Å². The summed E-state index contributed by atoms with van der Waals surface area (Å²) in [4.78, 5) is 40.6. The Bertz CT molecular complexity index is 849. The van der Waals surface area contributed by atoms with Gasteiger partial charge in [-0.05, 0) is 31.4 Å². The zero-order valence-corrected chi connectivity index (χ0v) is 16.8. The van der Waals surface area contributed by atoms with E-state index in [1.807, 2.05) is 0 Å². The third kappa shape index (κ3) is 3.01. The van der Waals surface area contributed by atoms with Crippen molar-refractivity contribution < 1.29 is 24.2 Å². The summed E-state index contributed by atoms with van der Waals surface area (Å²) >= 11 is 6.18. The fraction of sp³-hybridized carbons (Fsp3) is 0.550. The van der Waals surface area contributed by atoms with E-state index in [0.717, 1.165) is 0 Å². The number of ether oxygens (including phenoxy) is 1. The molecule has 29 heavy (non-hydrogen) atoms. The molecule has 5 atom stereocenters. The highest BCUT2D eigenvalue weighted by Crippen LogP contribution is 2.58. The Morgan fingerprint density at radius 3 is 2.79 bits per heavy atom. The van der Waals surface area contributed by atoms with Gasteiger partial charge in [-0.25, -0.2) is 0 Å². The Hall–Kier alpha value is -2.16. The van der Waals surface area contributed by atoms with Crippen LogP contribution in [0.25, 0.3) is 0 Å². The van der Waals surface area contributed by atoms with Crippen LogP contribution in [0.1, 0.15) is 19.3 Å². The van der Waals surface area contributed by atoms with Crippen molar-refractivity contribution in [1.82, 2.24) is 10.2 Å². The zero-order valence-electron chi connectivity index (χ0n) is 16.1. The summed E-state index contributed by atoms with van der Waals surface area (Å²) in [6.45, 7) is 0.103. The highest BCUT2D eigenvalue weighted by Gasteiger charge is 2.74. The fourth-order valence-electron chi connectivity index (χ4n) is 5.17.